The van der Waals surface area contributed by atoms with E-state index in [0.29, 0.717) is 19.8 Å². The topological polar surface area (TPSA) is 63.7 Å². The first-order valence-electron chi connectivity index (χ1n) is 7.85. The minimum absolute atomic E-state index is 0.132. The lowest BCUT2D eigenvalue weighted by atomic mass is 10.1. The zero-order chi connectivity index (χ0) is 17.1. The van der Waals surface area contributed by atoms with Crippen molar-refractivity contribution in [3.63, 3.8) is 0 Å². The molecule has 2 aromatic rings. The minimum atomic E-state index is -0.136. The fourth-order valence-corrected chi connectivity index (χ4v) is 3.11. The Labute approximate surface area is 145 Å². The molecule has 1 aliphatic rings. The summed E-state index contributed by atoms with van der Waals surface area (Å²) in [6, 6.07) is 5.48. The number of rotatable bonds is 4. The highest BCUT2D eigenvalue weighted by Crippen LogP contribution is 2.32. The third-order valence-corrected chi connectivity index (χ3v) is 4.64. The number of hydrogen-bond acceptors (Lipinski definition) is 5. The number of carbonyl (C=O) groups excluding carboxylic acids is 1. The molecule has 1 N–H and O–H groups in total. The molecule has 0 aliphatic carbocycles. The van der Waals surface area contributed by atoms with Gasteiger partial charge in [-0.2, -0.15) is 0 Å². The van der Waals surface area contributed by atoms with E-state index in [0.717, 1.165) is 27.8 Å². The van der Waals surface area contributed by atoms with Crippen LogP contribution in [0.1, 0.15) is 29.2 Å². The van der Waals surface area contributed by atoms with E-state index < -0.39 is 0 Å². The van der Waals surface area contributed by atoms with Crippen molar-refractivity contribution in [2.24, 2.45) is 0 Å². The maximum atomic E-state index is 12.4. The van der Waals surface area contributed by atoms with Crippen LogP contribution in [0.5, 0.6) is 11.5 Å². The maximum Gasteiger partial charge on any atom is 0.317 e. The summed E-state index contributed by atoms with van der Waals surface area (Å²) in [4.78, 5) is 18.4. The largest absolute Gasteiger partial charge is 0.486 e. The van der Waals surface area contributed by atoms with E-state index in [-0.39, 0.29) is 12.1 Å². The third kappa shape index (κ3) is 3.79. The number of fused-ring (bicyclic) bond motifs is 1. The van der Waals surface area contributed by atoms with E-state index in [1.165, 1.54) is 0 Å². The van der Waals surface area contributed by atoms with Crippen LogP contribution in [-0.2, 0) is 6.54 Å². The first-order chi connectivity index (χ1) is 11.5. The summed E-state index contributed by atoms with van der Waals surface area (Å²) in [6.07, 6.45) is 0. The Morgan fingerprint density at radius 2 is 2.12 bits per heavy atom. The second-order valence-corrected chi connectivity index (χ2v) is 6.85. The van der Waals surface area contributed by atoms with Crippen LogP contribution in [0.3, 0.4) is 0 Å². The average molecular weight is 347 g/mol. The Bertz CT molecular complexity index is 732. The van der Waals surface area contributed by atoms with Crippen molar-refractivity contribution in [3.8, 4) is 11.5 Å². The van der Waals surface area contributed by atoms with Crippen LogP contribution in [0.4, 0.5) is 4.79 Å². The summed E-state index contributed by atoms with van der Waals surface area (Å²) in [5.41, 5.74) is 1.88. The van der Waals surface area contributed by atoms with E-state index >= 15 is 0 Å². The molecule has 0 bridgehead atoms. The number of aromatic nitrogens is 1. The molecule has 7 heteroatoms. The Morgan fingerprint density at radius 3 is 2.83 bits per heavy atom. The van der Waals surface area contributed by atoms with Gasteiger partial charge in [0.25, 0.3) is 0 Å². The van der Waals surface area contributed by atoms with Crippen LogP contribution in [0.25, 0.3) is 0 Å². The van der Waals surface area contributed by atoms with Crippen molar-refractivity contribution >= 4 is 17.4 Å². The number of nitrogens with one attached hydrogen (secondary N) is 1. The third-order valence-electron chi connectivity index (χ3n) is 3.82. The predicted molar refractivity (Wildman–Crippen MR) is 92.7 cm³/mol. The normalized spacial score (nSPS) is 14.1. The first-order valence-corrected chi connectivity index (χ1v) is 8.73. The van der Waals surface area contributed by atoms with E-state index in [1.807, 2.05) is 37.4 Å². The standard InChI is InChI=1S/C17H21N3O3S/c1-11(13-4-5-15-16(8-13)23-7-6-22-15)18-17(21)20(3)9-14-10-24-12(2)19-14/h4-5,8,10-11H,6-7,9H2,1-3H3,(H,18,21)/t11-/m0/s1. The molecule has 0 spiro atoms. The fourth-order valence-electron chi connectivity index (χ4n) is 2.50. The average Bonchev–Trinajstić information content (AvgIpc) is 2.99. The van der Waals surface area contributed by atoms with E-state index in [9.17, 15) is 4.79 Å². The Balaban J connectivity index is 1.61. The number of ether oxygens (including phenoxy) is 2. The van der Waals surface area contributed by atoms with Gasteiger partial charge in [-0.15, -0.1) is 11.3 Å². The SMILES string of the molecule is Cc1nc(CN(C)C(=O)N[C@@H](C)c2ccc3c(c2)OCCO3)cs1. The molecule has 0 radical (unpaired) electrons. The molecular formula is C17H21N3O3S. The molecule has 128 valence electrons. The smallest absolute Gasteiger partial charge is 0.317 e. The van der Waals surface area contributed by atoms with E-state index in [2.05, 4.69) is 10.3 Å². The van der Waals surface area contributed by atoms with Crippen LogP contribution in [0.2, 0.25) is 0 Å². The van der Waals surface area contributed by atoms with Crippen molar-refractivity contribution in [1.29, 1.82) is 0 Å². The second kappa shape index (κ2) is 7.09. The number of hydrogen-bond donors (Lipinski definition) is 1. The monoisotopic (exact) mass is 347 g/mol. The van der Waals surface area contributed by atoms with Crippen LogP contribution in [0, 0.1) is 6.92 Å². The van der Waals surface area contributed by atoms with Gasteiger partial charge >= 0.3 is 6.03 Å². The van der Waals surface area contributed by atoms with Crippen molar-refractivity contribution < 1.29 is 14.3 Å². The van der Waals surface area contributed by atoms with E-state index in [4.69, 9.17) is 9.47 Å². The van der Waals surface area contributed by atoms with Crippen LogP contribution in [0.15, 0.2) is 23.6 Å². The first kappa shape index (κ1) is 16.6. The number of nitrogens with zero attached hydrogens (tertiary/aromatic N) is 2. The molecule has 3 rings (SSSR count). The summed E-state index contributed by atoms with van der Waals surface area (Å²) in [5.74, 6) is 1.48. The molecular weight excluding hydrogens is 326 g/mol. The van der Waals surface area contributed by atoms with Gasteiger partial charge in [0.2, 0.25) is 0 Å². The molecule has 24 heavy (non-hydrogen) atoms. The highest BCUT2D eigenvalue weighted by Gasteiger charge is 2.17. The fraction of sp³-hybridized carbons (Fsp3) is 0.412. The van der Waals surface area contributed by atoms with Gasteiger partial charge in [0, 0.05) is 12.4 Å². The molecule has 1 aliphatic heterocycles. The van der Waals surface area contributed by atoms with Gasteiger partial charge in [0.15, 0.2) is 11.5 Å². The molecule has 0 saturated heterocycles. The van der Waals surface area contributed by atoms with Gasteiger partial charge in [-0.1, -0.05) is 6.07 Å². The molecule has 2 heterocycles. The van der Waals surface area contributed by atoms with Gasteiger partial charge in [-0.05, 0) is 31.5 Å². The van der Waals surface area contributed by atoms with Crippen LogP contribution >= 0.6 is 11.3 Å². The highest BCUT2D eigenvalue weighted by atomic mass is 32.1. The van der Waals surface area contributed by atoms with Crippen molar-refractivity contribution in [3.05, 3.63) is 39.8 Å². The zero-order valence-electron chi connectivity index (χ0n) is 14.0. The van der Waals surface area contributed by atoms with Gasteiger partial charge < -0.3 is 19.7 Å². The second-order valence-electron chi connectivity index (χ2n) is 5.79. The number of benzene rings is 1. The van der Waals surface area contributed by atoms with Gasteiger partial charge in [-0.25, -0.2) is 9.78 Å². The molecule has 2 amide bonds. The van der Waals surface area contributed by atoms with Crippen molar-refractivity contribution in [2.45, 2.75) is 26.4 Å². The van der Waals surface area contributed by atoms with Gasteiger partial charge in [0.1, 0.15) is 13.2 Å². The van der Waals surface area contributed by atoms with Gasteiger partial charge in [-0.3, -0.25) is 0 Å². The van der Waals surface area contributed by atoms with Crippen molar-refractivity contribution in [1.82, 2.24) is 15.2 Å². The molecule has 1 aromatic carbocycles. The number of thiazole rings is 1. The maximum absolute atomic E-state index is 12.4. The summed E-state index contributed by atoms with van der Waals surface area (Å²) in [6.45, 7) is 5.51. The Hall–Kier alpha value is -2.28. The van der Waals surface area contributed by atoms with Crippen LogP contribution in [-0.4, -0.2) is 36.2 Å². The summed E-state index contributed by atoms with van der Waals surface area (Å²) in [5, 5.41) is 5.97. The molecule has 0 saturated carbocycles. The number of amides is 2. The predicted octanol–water partition coefficient (Wildman–Crippen LogP) is 3.13. The molecule has 0 fully saturated rings. The summed E-state index contributed by atoms with van der Waals surface area (Å²) < 4.78 is 11.1. The molecule has 0 unspecified atom stereocenters. The lowest BCUT2D eigenvalue weighted by Crippen LogP contribution is -2.38. The van der Waals surface area contributed by atoms with Crippen LogP contribution < -0.4 is 14.8 Å². The summed E-state index contributed by atoms with van der Waals surface area (Å²) >= 11 is 1.59. The van der Waals surface area contributed by atoms with E-state index in [1.54, 1.807) is 23.3 Å². The Morgan fingerprint density at radius 1 is 1.38 bits per heavy atom. The lowest BCUT2D eigenvalue weighted by Gasteiger charge is -2.23. The minimum Gasteiger partial charge on any atom is -0.486 e. The van der Waals surface area contributed by atoms with Gasteiger partial charge in [0.05, 0.1) is 23.3 Å². The quantitative estimate of drug-likeness (QED) is 0.923. The Kier molecular flexibility index (Phi) is 4.89. The van der Waals surface area contributed by atoms with Crippen molar-refractivity contribution in [2.75, 3.05) is 20.3 Å². The molecule has 1 atom stereocenters. The number of urea groups is 1. The lowest BCUT2D eigenvalue weighted by molar-refractivity contribution is 0.171. The number of carbonyl (C=O) groups is 1. The molecule has 6 nitrogen and oxygen atoms in total. The molecule has 1 aromatic heterocycles. The number of aryl methyl sites for hydroxylation is 1. The highest BCUT2D eigenvalue weighted by molar-refractivity contribution is 7.09. The zero-order valence-corrected chi connectivity index (χ0v) is 14.9. The summed E-state index contributed by atoms with van der Waals surface area (Å²) in [7, 11) is 1.76.